The lowest BCUT2D eigenvalue weighted by atomic mass is 10.1. The van der Waals surface area contributed by atoms with Crippen molar-refractivity contribution in [1.29, 1.82) is 0 Å². The molecule has 0 spiro atoms. The molecule has 2 rings (SSSR count). The van der Waals surface area contributed by atoms with Gasteiger partial charge in [0.2, 0.25) is 0 Å². The van der Waals surface area contributed by atoms with Crippen LogP contribution in [0.25, 0.3) is 0 Å². The zero-order chi connectivity index (χ0) is 15.5. The van der Waals surface area contributed by atoms with Crippen LogP contribution in [0.3, 0.4) is 0 Å². The summed E-state index contributed by atoms with van der Waals surface area (Å²) in [6, 6.07) is 14.4. The second-order valence-corrected chi connectivity index (χ2v) is 6.64. The predicted octanol–water partition coefficient (Wildman–Crippen LogP) is 3.01. The molecule has 0 heterocycles. The van der Waals surface area contributed by atoms with Gasteiger partial charge < -0.3 is 0 Å². The fraction of sp³-hybridized carbons (Fsp3) is 0.188. The van der Waals surface area contributed by atoms with E-state index in [2.05, 4.69) is 9.93 Å². The van der Waals surface area contributed by atoms with E-state index in [1.165, 1.54) is 0 Å². The van der Waals surface area contributed by atoms with E-state index in [4.69, 9.17) is 0 Å². The molecule has 0 aromatic heterocycles. The average Bonchev–Trinajstić information content (AvgIpc) is 2.45. The van der Waals surface area contributed by atoms with E-state index < -0.39 is 10.0 Å². The number of hydrogen-bond acceptors (Lipinski definition) is 3. The van der Waals surface area contributed by atoms with Crippen molar-refractivity contribution >= 4 is 15.7 Å². The van der Waals surface area contributed by atoms with E-state index in [-0.39, 0.29) is 4.90 Å². The first kappa shape index (κ1) is 15.3. The highest BCUT2D eigenvalue weighted by Gasteiger charge is 2.12. The van der Waals surface area contributed by atoms with E-state index in [1.54, 1.807) is 31.2 Å². The van der Waals surface area contributed by atoms with Gasteiger partial charge in [-0.25, -0.2) is 0 Å². The summed E-state index contributed by atoms with van der Waals surface area (Å²) >= 11 is 0. The lowest BCUT2D eigenvalue weighted by Crippen LogP contribution is -2.20. The highest BCUT2D eigenvalue weighted by atomic mass is 32.2. The molecule has 0 aliphatic heterocycles. The van der Waals surface area contributed by atoms with Crippen LogP contribution in [0.4, 0.5) is 0 Å². The zero-order valence-corrected chi connectivity index (χ0v) is 13.1. The Kier molecular flexibility index (Phi) is 4.43. The van der Waals surface area contributed by atoms with Crippen LogP contribution in [0.5, 0.6) is 0 Å². The van der Waals surface area contributed by atoms with Gasteiger partial charge in [0.25, 0.3) is 10.0 Å². The first-order chi connectivity index (χ1) is 9.88. The molecule has 0 saturated carbocycles. The molecule has 0 aliphatic rings. The summed E-state index contributed by atoms with van der Waals surface area (Å²) < 4.78 is 24.3. The number of benzene rings is 2. The third-order valence-corrected chi connectivity index (χ3v) is 4.33. The van der Waals surface area contributed by atoms with Crippen LogP contribution in [0.15, 0.2) is 58.5 Å². The van der Waals surface area contributed by atoms with Crippen molar-refractivity contribution in [3.63, 3.8) is 0 Å². The minimum atomic E-state index is -3.63. The van der Waals surface area contributed by atoms with E-state index >= 15 is 0 Å². The minimum Gasteiger partial charge on any atom is -0.200 e. The second-order valence-electron chi connectivity index (χ2n) is 4.97. The zero-order valence-electron chi connectivity index (χ0n) is 12.3. The largest absolute Gasteiger partial charge is 0.276 e. The number of aryl methyl sites for hydroxylation is 2. The Bertz CT molecular complexity index is 763. The van der Waals surface area contributed by atoms with Crippen molar-refractivity contribution in [2.24, 2.45) is 5.10 Å². The van der Waals surface area contributed by atoms with Crippen molar-refractivity contribution in [1.82, 2.24) is 4.83 Å². The Hall–Kier alpha value is -2.14. The van der Waals surface area contributed by atoms with Crippen molar-refractivity contribution in [2.75, 3.05) is 0 Å². The Labute approximate surface area is 125 Å². The summed E-state index contributed by atoms with van der Waals surface area (Å²) in [7, 11) is -3.63. The number of hydrazone groups is 1. The van der Waals surface area contributed by atoms with Crippen molar-refractivity contribution < 1.29 is 8.42 Å². The van der Waals surface area contributed by atoms with Crippen LogP contribution in [-0.4, -0.2) is 14.1 Å². The van der Waals surface area contributed by atoms with E-state index in [0.717, 1.165) is 16.7 Å². The van der Waals surface area contributed by atoms with Crippen molar-refractivity contribution in [3.8, 4) is 0 Å². The maximum absolute atomic E-state index is 12.1. The van der Waals surface area contributed by atoms with E-state index in [0.29, 0.717) is 5.71 Å². The molecule has 0 unspecified atom stereocenters. The van der Waals surface area contributed by atoms with Gasteiger partial charge in [-0.2, -0.15) is 18.4 Å². The molecule has 0 fully saturated rings. The molecular weight excluding hydrogens is 284 g/mol. The normalized spacial score (nSPS) is 12.2. The van der Waals surface area contributed by atoms with Gasteiger partial charge in [-0.1, -0.05) is 47.5 Å². The molecule has 0 radical (unpaired) electrons. The molecule has 2 aromatic carbocycles. The van der Waals surface area contributed by atoms with Gasteiger partial charge in [0.05, 0.1) is 10.6 Å². The molecular formula is C16H18N2O2S. The maximum Gasteiger partial charge on any atom is 0.276 e. The summed E-state index contributed by atoms with van der Waals surface area (Å²) in [5, 5.41) is 3.98. The van der Waals surface area contributed by atoms with Crippen molar-refractivity contribution in [3.05, 3.63) is 65.2 Å². The van der Waals surface area contributed by atoms with Crippen LogP contribution in [-0.2, 0) is 10.0 Å². The lowest BCUT2D eigenvalue weighted by Gasteiger charge is -2.06. The average molecular weight is 302 g/mol. The van der Waals surface area contributed by atoms with Gasteiger partial charge in [0.15, 0.2) is 0 Å². The quantitative estimate of drug-likeness (QED) is 0.697. The molecule has 0 atom stereocenters. The second kappa shape index (κ2) is 6.10. The molecule has 0 amide bonds. The van der Waals surface area contributed by atoms with Gasteiger partial charge in [-0.3, -0.25) is 0 Å². The van der Waals surface area contributed by atoms with Gasteiger partial charge in [0, 0.05) is 0 Å². The van der Waals surface area contributed by atoms with E-state index in [1.807, 2.05) is 38.1 Å². The highest BCUT2D eigenvalue weighted by Crippen LogP contribution is 2.10. The number of sulfonamides is 1. The number of hydrogen-bond donors (Lipinski definition) is 1. The fourth-order valence-corrected chi connectivity index (χ4v) is 2.69. The standard InChI is InChI=1S/C16H18N2O2S/c1-12-7-9-16(10-8-12)21(19,20)18-17-14(3)15-6-4-5-13(2)11-15/h4-11,18H,1-3H3/b17-14+. The molecule has 4 nitrogen and oxygen atoms in total. The molecule has 0 aliphatic carbocycles. The smallest absolute Gasteiger partial charge is 0.200 e. The van der Waals surface area contributed by atoms with Gasteiger partial charge in [0.1, 0.15) is 0 Å². The van der Waals surface area contributed by atoms with Gasteiger partial charge in [-0.05, 0) is 38.5 Å². The highest BCUT2D eigenvalue weighted by molar-refractivity contribution is 7.89. The third-order valence-electron chi connectivity index (χ3n) is 3.10. The van der Waals surface area contributed by atoms with Gasteiger partial charge in [-0.15, -0.1) is 0 Å². The molecule has 2 aromatic rings. The number of nitrogens with zero attached hydrogens (tertiary/aromatic N) is 1. The molecule has 1 N–H and O–H groups in total. The van der Waals surface area contributed by atoms with Crippen LogP contribution in [0.1, 0.15) is 23.6 Å². The monoisotopic (exact) mass is 302 g/mol. The molecule has 110 valence electrons. The van der Waals surface area contributed by atoms with Crippen LogP contribution >= 0.6 is 0 Å². The number of nitrogens with one attached hydrogen (secondary N) is 1. The Morgan fingerprint density at radius 3 is 2.29 bits per heavy atom. The topological polar surface area (TPSA) is 58.5 Å². The minimum absolute atomic E-state index is 0.203. The summed E-state index contributed by atoms with van der Waals surface area (Å²) in [5.41, 5.74) is 3.62. The Morgan fingerprint density at radius 2 is 1.67 bits per heavy atom. The van der Waals surface area contributed by atoms with E-state index in [9.17, 15) is 8.42 Å². The first-order valence-electron chi connectivity index (χ1n) is 6.58. The first-order valence-corrected chi connectivity index (χ1v) is 8.06. The van der Waals surface area contributed by atoms with Gasteiger partial charge >= 0.3 is 0 Å². The summed E-state index contributed by atoms with van der Waals surface area (Å²) in [4.78, 5) is 2.48. The molecule has 0 bridgehead atoms. The van der Waals surface area contributed by atoms with Crippen molar-refractivity contribution in [2.45, 2.75) is 25.7 Å². The molecule has 0 saturated heterocycles. The lowest BCUT2D eigenvalue weighted by molar-refractivity contribution is 0.584. The predicted molar refractivity (Wildman–Crippen MR) is 84.9 cm³/mol. The Morgan fingerprint density at radius 1 is 1.00 bits per heavy atom. The fourth-order valence-electron chi connectivity index (χ4n) is 1.83. The van der Waals surface area contributed by atoms with Crippen LogP contribution in [0, 0.1) is 13.8 Å². The molecule has 21 heavy (non-hydrogen) atoms. The third kappa shape index (κ3) is 3.92. The summed E-state index contributed by atoms with van der Waals surface area (Å²) in [6.45, 7) is 5.66. The maximum atomic E-state index is 12.1. The summed E-state index contributed by atoms with van der Waals surface area (Å²) in [6.07, 6.45) is 0. The Balaban J connectivity index is 2.21. The SMILES string of the molecule is C/C(=N\NS(=O)(=O)c1ccc(C)cc1)c1cccc(C)c1. The number of rotatable bonds is 4. The van der Waals surface area contributed by atoms with Crippen LogP contribution in [0.2, 0.25) is 0 Å². The van der Waals surface area contributed by atoms with Crippen LogP contribution < -0.4 is 4.83 Å². The molecule has 5 heteroatoms. The summed E-state index contributed by atoms with van der Waals surface area (Å²) in [5.74, 6) is 0.